The van der Waals surface area contributed by atoms with Gasteiger partial charge in [0.15, 0.2) is 0 Å². The third kappa shape index (κ3) is 4.73. The smallest absolute Gasteiger partial charge is 0.328 e. The van der Waals surface area contributed by atoms with Crippen molar-refractivity contribution in [2.45, 2.75) is 51.5 Å². The fourth-order valence-corrected chi connectivity index (χ4v) is 3.00. The molecule has 2 rings (SSSR count). The molecule has 21 heavy (non-hydrogen) atoms. The monoisotopic (exact) mass is 293 g/mol. The number of hydrogen-bond donors (Lipinski definition) is 1. The molecule has 1 atom stereocenters. The molecule has 0 heterocycles. The number of nitrogens with one attached hydrogen (secondary N) is 1. The number of carbonyl (C=O) groups is 1. The predicted molar refractivity (Wildman–Crippen MR) is 81.6 cm³/mol. The van der Waals surface area contributed by atoms with E-state index in [4.69, 9.17) is 4.74 Å². The molecule has 0 amide bonds. The van der Waals surface area contributed by atoms with Crippen LogP contribution in [0.4, 0.5) is 10.1 Å². The molecule has 1 saturated carbocycles. The SMILES string of the molecule is CCOC(=O)C(Nc1cccc(F)c1)C1CCCCCC1. The fourth-order valence-electron chi connectivity index (χ4n) is 3.00. The summed E-state index contributed by atoms with van der Waals surface area (Å²) in [4.78, 5) is 12.3. The Hall–Kier alpha value is -1.58. The number of benzene rings is 1. The zero-order chi connectivity index (χ0) is 15.1. The third-order valence-electron chi connectivity index (χ3n) is 4.06. The first-order valence-corrected chi connectivity index (χ1v) is 7.89. The minimum absolute atomic E-state index is 0.228. The van der Waals surface area contributed by atoms with Crippen LogP contribution < -0.4 is 5.32 Å². The molecule has 1 unspecified atom stereocenters. The molecule has 0 saturated heterocycles. The van der Waals surface area contributed by atoms with Crippen LogP contribution in [0.5, 0.6) is 0 Å². The molecule has 0 aromatic heterocycles. The van der Waals surface area contributed by atoms with Crippen LogP contribution in [0.2, 0.25) is 0 Å². The van der Waals surface area contributed by atoms with Crippen molar-refractivity contribution in [3.63, 3.8) is 0 Å². The molecule has 1 fully saturated rings. The molecule has 0 radical (unpaired) electrons. The number of esters is 1. The quantitative estimate of drug-likeness (QED) is 0.655. The van der Waals surface area contributed by atoms with E-state index in [-0.39, 0.29) is 23.7 Å². The van der Waals surface area contributed by atoms with Crippen molar-refractivity contribution in [1.82, 2.24) is 0 Å². The van der Waals surface area contributed by atoms with E-state index in [1.54, 1.807) is 12.1 Å². The lowest BCUT2D eigenvalue weighted by molar-refractivity contribution is -0.145. The van der Waals surface area contributed by atoms with Crippen LogP contribution >= 0.6 is 0 Å². The molecule has 4 heteroatoms. The van der Waals surface area contributed by atoms with Gasteiger partial charge in [0.05, 0.1) is 6.61 Å². The zero-order valence-electron chi connectivity index (χ0n) is 12.6. The largest absolute Gasteiger partial charge is 0.464 e. The third-order valence-corrected chi connectivity index (χ3v) is 4.06. The summed E-state index contributed by atoms with van der Waals surface area (Å²) in [5.41, 5.74) is 0.636. The van der Waals surface area contributed by atoms with Gasteiger partial charge in [0.25, 0.3) is 0 Å². The minimum Gasteiger partial charge on any atom is -0.464 e. The Morgan fingerprint density at radius 3 is 2.67 bits per heavy atom. The van der Waals surface area contributed by atoms with Gasteiger partial charge in [0.2, 0.25) is 0 Å². The number of halogens is 1. The van der Waals surface area contributed by atoms with Crippen LogP contribution in [-0.4, -0.2) is 18.6 Å². The van der Waals surface area contributed by atoms with Crippen LogP contribution in [0, 0.1) is 11.7 Å². The Labute approximate surface area is 125 Å². The summed E-state index contributed by atoms with van der Waals surface area (Å²) >= 11 is 0. The normalized spacial score (nSPS) is 17.8. The van der Waals surface area contributed by atoms with Gasteiger partial charge in [-0.3, -0.25) is 0 Å². The highest BCUT2D eigenvalue weighted by molar-refractivity contribution is 5.79. The first-order chi connectivity index (χ1) is 10.2. The summed E-state index contributed by atoms with van der Waals surface area (Å²) in [6, 6.07) is 5.86. The van der Waals surface area contributed by atoms with Crippen LogP contribution in [0.15, 0.2) is 24.3 Å². The maximum atomic E-state index is 13.3. The van der Waals surface area contributed by atoms with E-state index in [0.717, 1.165) is 25.7 Å². The lowest BCUT2D eigenvalue weighted by Crippen LogP contribution is -2.38. The minimum atomic E-state index is -0.384. The van der Waals surface area contributed by atoms with Crippen LogP contribution in [0.3, 0.4) is 0 Å². The van der Waals surface area contributed by atoms with Gasteiger partial charge >= 0.3 is 5.97 Å². The summed E-state index contributed by atoms with van der Waals surface area (Å²) < 4.78 is 18.5. The second-order valence-corrected chi connectivity index (χ2v) is 5.64. The van der Waals surface area contributed by atoms with Crippen LogP contribution in [0.25, 0.3) is 0 Å². The van der Waals surface area contributed by atoms with E-state index < -0.39 is 0 Å². The Morgan fingerprint density at radius 1 is 1.33 bits per heavy atom. The second-order valence-electron chi connectivity index (χ2n) is 5.64. The molecule has 0 aliphatic heterocycles. The van der Waals surface area contributed by atoms with Crippen molar-refractivity contribution in [3.05, 3.63) is 30.1 Å². The molecule has 0 bridgehead atoms. The van der Waals surface area contributed by atoms with Gasteiger partial charge in [0.1, 0.15) is 11.9 Å². The van der Waals surface area contributed by atoms with Gasteiger partial charge < -0.3 is 10.1 Å². The van der Waals surface area contributed by atoms with Gasteiger partial charge in [0, 0.05) is 5.69 Å². The lowest BCUT2D eigenvalue weighted by atomic mass is 9.91. The topological polar surface area (TPSA) is 38.3 Å². The number of carbonyl (C=O) groups excluding carboxylic acids is 1. The van der Waals surface area contributed by atoms with Crippen LogP contribution in [0.1, 0.15) is 45.4 Å². The molecule has 1 N–H and O–H groups in total. The maximum Gasteiger partial charge on any atom is 0.328 e. The van der Waals surface area contributed by atoms with Crippen molar-refractivity contribution in [2.75, 3.05) is 11.9 Å². The molecule has 1 aromatic carbocycles. The number of anilines is 1. The van der Waals surface area contributed by atoms with Crippen LogP contribution in [-0.2, 0) is 9.53 Å². The van der Waals surface area contributed by atoms with Crippen molar-refractivity contribution < 1.29 is 13.9 Å². The molecular formula is C17H24FNO2. The first-order valence-electron chi connectivity index (χ1n) is 7.89. The zero-order valence-corrected chi connectivity index (χ0v) is 12.6. The molecule has 116 valence electrons. The van der Waals surface area contributed by atoms with Gasteiger partial charge in [-0.25, -0.2) is 9.18 Å². The maximum absolute atomic E-state index is 13.3. The second kappa shape index (κ2) is 8.01. The van der Waals surface area contributed by atoms with Crippen molar-refractivity contribution >= 4 is 11.7 Å². The van der Waals surface area contributed by atoms with Gasteiger partial charge in [-0.2, -0.15) is 0 Å². The molecule has 0 spiro atoms. The lowest BCUT2D eigenvalue weighted by Gasteiger charge is -2.26. The van der Waals surface area contributed by atoms with E-state index in [0.29, 0.717) is 12.3 Å². The number of rotatable bonds is 5. The highest BCUT2D eigenvalue weighted by Crippen LogP contribution is 2.28. The summed E-state index contributed by atoms with van der Waals surface area (Å²) in [7, 11) is 0. The van der Waals surface area contributed by atoms with Gasteiger partial charge in [-0.05, 0) is 43.9 Å². The van der Waals surface area contributed by atoms with E-state index in [1.807, 2.05) is 6.92 Å². The van der Waals surface area contributed by atoms with Gasteiger partial charge in [-0.1, -0.05) is 31.7 Å². The van der Waals surface area contributed by atoms with Crippen molar-refractivity contribution in [3.8, 4) is 0 Å². The van der Waals surface area contributed by atoms with E-state index in [9.17, 15) is 9.18 Å². The number of ether oxygens (including phenoxy) is 1. The molecule has 1 aliphatic rings. The summed E-state index contributed by atoms with van der Waals surface area (Å²) in [5, 5.41) is 3.19. The van der Waals surface area contributed by atoms with E-state index in [2.05, 4.69) is 5.32 Å². The summed E-state index contributed by atoms with van der Waals surface area (Å²) in [5.74, 6) is -0.271. The van der Waals surface area contributed by atoms with Crippen molar-refractivity contribution in [2.24, 2.45) is 5.92 Å². The Bertz CT molecular complexity index is 456. The first kappa shape index (κ1) is 15.8. The van der Waals surface area contributed by atoms with E-state index >= 15 is 0 Å². The average Bonchev–Trinajstić information content (AvgIpc) is 2.74. The standard InChI is InChI=1S/C17H24FNO2/c1-2-21-17(20)16(13-8-5-3-4-6-9-13)19-15-11-7-10-14(18)12-15/h7,10-13,16,19H,2-6,8-9H2,1H3. The number of hydrogen-bond acceptors (Lipinski definition) is 3. The van der Waals surface area contributed by atoms with Crippen molar-refractivity contribution in [1.29, 1.82) is 0 Å². The summed E-state index contributed by atoms with van der Waals surface area (Å²) in [6.07, 6.45) is 6.78. The van der Waals surface area contributed by atoms with Gasteiger partial charge in [-0.15, -0.1) is 0 Å². The molecule has 3 nitrogen and oxygen atoms in total. The average molecular weight is 293 g/mol. The molecular weight excluding hydrogens is 269 g/mol. The summed E-state index contributed by atoms with van der Waals surface area (Å²) in [6.45, 7) is 2.18. The Morgan fingerprint density at radius 2 is 2.05 bits per heavy atom. The van der Waals surface area contributed by atoms with E-state index in [1.165, 1.54) is 25.0 Å². The predicted octanol–water partition coefficient (Wildman–Crippen LogP) is 4.14. The Balaban J connectivity index is 2.12. The highest BCUT2D eigenvalue weighted by atomic mass is 19.1. The molecule has 1 aromatic rings. The fraction of sp³-hybridized carbons (Fsp3) is 0.588. The molecule has 1 aliphatic carbocycles. The highest BCUT2D eigenvalue weighted by Gasteiger charge is 2.30. The Kier molecular flexibility index (Phi) is 6.03.